The second-order valence-electron chi connectivity index (χ2n) is 7.06. The van der Waals surface area contributed by atoms with Gasteiger partial charge < -0.3 is 45.3 Å². The van der Waals surface area contributed by atoms with Crippen molar-refractivity contribution in [3.8, 4) is 0 Å². The molecule has 1 saturated heterocycles. The molecule has 0 unspecified atom stereocenters. The van der Waals surface area contributed by atoms with Gasteiger partial charge in [-0.05, 0) is 12.3 Å². The lowest BCUT2D eigenvalue weighted by atomic mass is 10.0. The van der Waals surface area contributed by atoms with Crippen LogP contribution in [0, 0.1) is 5.92 Å². The first-order valence-corrected chi connectivity index (χ1v) is 9.16. The fraction of sp³-hybridized carbons (Fsp3) is 0.824. The third-order valence-electron chi connectivity index (χ3n) is 4.18. The van der Waals surface area contributed by atoms with Crippen molar-refractivity contribution in [2.24, 2.45) is 5.92 Å². The Balaban J connectivity index is 2.41. The molecule has 1 heterocycles. The van der Waals surface area contributed by atoms with Crippen LogP contribution in [0.1, 0.15) is 20.3 Å². The first kappa shape index (κ1) is 25.2. The highest BCUT2D eigenvalue weighted by Crippen LogP contribution is 2.24. The number of aliphatic hydroxyl groups excluding tert-OH is 4. The summed E-state index contributed by atoms with van der Waals surface area (Å²) in [5.41, 5.74) is 0. The molecule has 0 aromatic carbocycles. The molecule has 1 aliphatic heterocycles. The summed E-state index contributed by atoms with van der Waals surface area (Å²) < 4.78 is 14.8. The molecule has 0 bridgehead atoms. The van der Waals surface area contributed by atoms with Gasteiger partial charge in [0.05, 0.1) is 20.3 Å². The molecular weight excluding hydrogens is 392 g/mol. The topological polar surface area (TPSA) is 184 Å². The second kappa shape index (κ2) is 12.0. The van der Waals surface area contributed by atoms with Gasteiger partial charge in [0.1, 0.15) is 37.1 Å². The van der Waals surface area contributed by atoms with Gasteiger partial charge in [0.15, 0.2) is 6.29 Å². The van der Waals surface area contributed by atoms with E-state index in [0.717, 1.165) is 0 Å². The molecule has 12 heteroatoms. The van der Waals surface area contributed by atoms with E-state index >= 15 is 0 Å². The molecule has 0 saturated carbocycles. The minimum Gasteiger partial charge on any atom is -0.467 e. The van der Waals surface area contributed by atoms with E-state index < -0.39 is 74.3 Å². The third kappa shape index (κ3) is 7.84. The average Bonchev–Trinajstić information content (AvgIpc) is 2.97. The predicted molar refractivity (Wildman–Crippen MR) is 96.1 cm³/mol. The monoisotopic (exact) mass is 422 g/mol. The van der Waals surface area contributed by atoms with Crippen molar-refractivity contribution in [1.29, 1.82) is 0 Å². The van der Waals surface area contributed by atoms with Crippen LogP contribution in [0.4, 0.5) is 0 Å². The molecule has 1 rings (SSSR count). The number of hydrogen-bond acceptors (Lipinski definition) is 10. The zero-order valence-corrected chi connectivity index (χ0v) is 16.6. The van der Waals surface area contributed by atoms with Crippen molar-refractivity contribution in [3.63, 3.8) is 0 Å². The maximum absolute atomic E-state index is 11.9. The molecule has 0 aromatic rings. The number of hydrogen-bond donors (Lipinski definition) is 6. The number of aliphatic hydroxyl groups is 4. The van der Waals surface area contributed by atoms with Crippen molar-refractivity contribution >= 4 is 17.8 Å². The normalized spacial score (nSPS) is 26.1. The lowest BCUT2D eigenvalue weighted by Gasteiger charge is -2.19. The van der Waals surface area contributed by atoms with Crippen molar-refractivity contribution in [2.45, 2.75) is 57.0 Å². The van der Waals surface area contributed by atoms with Gasteiger partial charge >= 0.3 is 5.97 Å². The lowest BCUT2D eigenvalue weighted by Crippen LogP contribution is -2.47. The summed E-state index contributed by atoms with van der Waals surface area (Å²) in [6.07, 6.45) is -6.77. The summed E-state index contributed by atoms with van der Waals surface area (Å²) in [7, 11) is 1.21. The maximum atomic E-state index is 11.9. The number of rotatable bonds is 11. The Morgan fingerprint density at radius 3 is 2.34 bits per heavy atom. The van der Waals surface area contributed by atoms with E-state index in [4.69, 9.17) is 14.6 Å². The zero-order chi connectivity index (χ0) is 22.1. The fourth-order valence-electron chi connectivity index (χ4n) is 2.69. The smallest absolute Gasteiger partial charge is 0.328 e. The zero-order valence-electron chi connectivity index (χ0n) is 16.6. The van der Waals surface area contributed by atoms with E-state index in [0.29, 0.717) is 6.42 Å². The Kier molecular flexibility index (Phi) is 10.4. The average molecular weight is 422 g/mol. The highest BCUT2D eigenvalue weighted by atomic mass is 16.7. The molecule has 0 aromatic heterocycles. The summed E-state index contributed by atoms with van der Waals surface area (Å²) in [6.45, 7) is 2.04. The first-order chi connectivity index (χ1) is 13.6. The van der Waals surface area contributed by atoms with Gasteiger partial charge in [0.2, 0.25) is 11.8 Å². The van der Waals surface area contributed by atoms with Crippen LogP contribution in [0.25, 0.3) is 0 Å². The van der Waals surface area contributed by atoms with Gasteiger partial charge in [0, 0.05) is 0 Å². The van der Waals surface area contributed by atoms with Crippen molar-refractivity contribution in [3.05, 3.63) is 0 Å². The minimum atomic E-state index is -1.53. The van der Waals surface area contributed by atoms with E-state index in [1.807, 2.05) is 13.8 Å². The second-order valence-corrected chi connectivity index (χ2v) is 7.06. The Hall–Kier alpha value is -1.83. The molecular formula is C17H30N2O10. The van der Waals surface area contributed by atoms with E-state index in [2.05, 4.69) is 15.4 Å². The van der Waals surface area contributed by atoms with Gasteiger partial charge in [-0.25, -0.2) is 4.79 Å². The SMILES string of the molecule is COC(=O)[C@H](CC(C)C)NC(=O)CNC(=O)CO[C@H]1O[C@H]([C@H](O)CO)[C@H](O)[C@@H]1O. The first-order valence-electron chi connectivity index (χ1n) is 9.16. The number of methoxy groups -OCH3 is 1. The predicted octanol–water partition coefficient (Wildman–Crippen LogP) is -3.38. The molecule has 6 atom stereocenters. The molecule has 29 heavy (non-hydrogen) atoms. The Morgan fingerprint density at radius 2 is 1.79 bits per heavy atom. The quantitative estimate of drug-likeness (QED) is 0.184. The number of carbonyl (C=O) groups excluding carboxylic acids is 3. The molecule has 0 spiro atoms. The van der Waals surface area contributed by atoms with Crippen LogP contribution in [-0.4, -0.2) is 102 Å². The van der Waals surface area contributed by atoms with Crippen LogP contribution in [0.2, 0.25) is 0 Å². The highest BCUT2D eigenvalue weighted by molar-refractivity contribution is 5.88. The molecule has 2 amide bonds. The number of ether oxygens (including phenoxy) is 3. The van der Waals surface area contributed by atoms with Gasteiger partial charge in [-0.15, -0.1) is 0 Å². The van der Waals surface area contributed by atoms with E-state index in [-0.39, 0.29) is 5.92 Å². The van der Waals surface area contributed by atoms with E-state index in [1.54, 1.807) is 0 Å². The van der Waals surface area contributed by atoms with Crippen molar-refractivity contribution < 1.29 is 49.0 Å². The molecule has 1 aliphatic rings. The Bertz CT molecular complexity index is 558. The molecule has 168 valence electrons. The molecule has 0 radical (unpaired) electrons. The van der Waals surface area contributed by atoms with Crippen LogP contribution in [0.15, 0.2) is 0 Å². The van der Waals surface area contributed by atoms with Crippen LogP contribution < -0.4 is 10.6 Å². The standard InChI is InChI=1S/C17H30N2O10/c1-8(2)4-9(16(26)27-3)19-11(22)5-18-12(23)7-28-17-14(25)13(24)15(29-17)10(21)6-20/h8-10,13-15,17,20-21,24-25H,4-7H2,1-3H3,(H,18,23)(H,19,22)/t9-,10+,13+,14-,15+,17-/m0/s1. The van der Waals surface area contributed by atoms with Crippen LogP contribution in [0.5, 0.6) is 0 Å². The molecule has 0 aliphatic carbocycles. The lowest BCUT2D eigenvalue weighted by molar-refractivity contribution is -0.183. The third-order valence-corrected chi connectivity index (χ3v) is 4.18. The van der Waals surface area contributed by atoms with E-state index in [1.165, 1.54) is 7.11 Å². The molecule has 12 nitrogen and oxygen atoms in total. The fourth-order valence-corrected chi connectivity index (χ4v) is 2.69. The Morgan fingerprint density at radius 1 is 1.14 bits per heavy atom. The number of carbonyl (C=O) groups is 3. The largest absolute Gasteiger partial charge is 0.467 e. The number of amides is 2. The summed E-state index contributed by atoms with van der Waals surface area (Å²) in [6, 6.07) is -0.834. The highest BCUT2D eigenvalue weighted by Gasteiger charge is 2.46. The Labute approximate surface area is 168 Å². The number of esters is 1. The number of nitrogens with one attached hydrogen (secondary N) is 2. The van der Waals surface area contributed by atoms with Gasteiger partial charge in [-0.2, -0.15) is 0 Å². The van der Waals surface area contributed by atoms with Gasteiger partial charge in [-0.1, -0.05) is 13.8 Å². The summed E-state index contributed by atoms with van der Waals surface area (Å²) >= 11 is 0. The van der Waals surface area contributed by atoms with E-state index in [9.17, 15) is 29.7 Å². The summed E-state index contributed by atoms with van der Waals surface area (Å²) in [5.74, 6) is -1.78. The molecule has 1 fully saturated rings. The molecule has 6 N–H and O–H groups in total. The summed E-state index contributed by atoms with van der Waals surface area (Å²) in [5, 5.41) is 42.7. The van der Waals surface area contributed by atoms with Gasteiger partial charge in [0.25, 0.3) is 0 Å². The van der Waals surface area contributed by atoms with Crippen LogP contribution in [0.3, 0.4) is 0 Å². The summed E-state index contributed by atoms with van der Waals surface area (Å²) in [4.78, 5) is 35.5. The van der Waals surface area contributed by atoms with Crippen LogP contribution in [-0.2, 0) is 28.6 Å². The van der Waals surface area contributed by atoms with Crippen molar-refractivity contribution in [1.82, 2.24) is 10.6 Å². The maximum Gasteiger partial charge on any atom is 0.328 e. The minimum absolute atomic E-state index is 0.128. The van der Waals surface area contributed by atoms with Crippen molar-refractivity contribution in [2.75, 3.05) is 26.9 Å². The van der Waals surface area contributed by atoms with Gasteiger partial charge in [-0.3, -0.25) is 9.59 Å². The van der Waals surface area contributed by atoms with Crippen LogP contribution >= 0.6 is 0 Å².